The number of esters is 1. The van der Waals surface area contributed by atoms with Crippen molar-refractivity contribution in [2.45, 2.75) is 6.92 Å². The van der Waals surface area contributed by atoms with Gasteiger partial charge < -0.3 is 9.47 Å². The van der Waals surface area contributed by atoms with Gasteiger partial charge in [0.25, 0.3) is 5.56 Å². The molecule has 7 nitrogen and oxygen atoms in total. The maximum Gasteiger partial charge on any atom is 0.337 e. The molecule has 0 fully saturated rings. The van der Waals surface area contributed by atoms with E-state index in [2.05, 4.69) is 4.74 Å². The molecule has 3 aromatic rings. The number of carbonyl (C=O) groups excluding carboxylic acids is 1. The van der Waals surface area contributed by atoms with Crippen LogP contribution in [-0.2, 0) is 4.74 Å². The molecule has 0 saturated heterocycles. The molecular weight excluding hydrogens is 414 g/mol. The SMILES string of the molecule is CCOc1ccc(-n2c(=C(C#N)C#N)s/c(=C\c3ccc(C(=O)OC)cc3)c2=O)cc1. The number of nitrogens with zero attached hydrogens (tertiary/aromatic N) is 3. The Bertz CT molecular complexity index is 1350. The van der Waals surface area contributed by atoms with Crippen molar-refractivity contribution in [3.8, 4) is 23.6 Å². The summed E-state index contributed by atoms with van der Waals surface area (Å²) < 4.78 is 12.1. The molecule has 2 aromatic carbocycles. The average Bonchev–Trinajstić information content (AvgIpc) is 3.11. The minimum absolute atomic E-state index is 0.156. The van der Waals surface area contributed by atoms with Gasteiger partial charge in [-0.1, -0.05) is 12.1 Å². The summed E-state index contributed by atoms with van der Waals surface area (Å²) in [5.74, 6) is 0.198. The number of thiazole rings is 1. The number of benzene rings is 2. The lowest BCUT2D eigenvalue weighted by Crippen LogP contribution is -2.30. The molecule has 154 valence electrons. The van der Waals surface area contributed by atoms with Crippen molar-refractivity contribution in [1.29, 1.82) is 10.5 Å². The third-order valence-corrected chi connectivity index (χ3v) is 5.39. The van der Waals surface area contributed by atoms with Gasteiger partial charge in [-0.25, -0.2) is 4.79 Å². The Morgan fingerprint density at radius 2 is 1.74 bits per heavy atom. The van der Waals surface area contributed by atoms with Crippen LogP contribution >= 0.6 is 11.3 Å². The minimum Gasteiger partial charge on any atom is -0.494 e. The maximum atomic E-state index is 13.2. The van der Waals surface area contributed by atoms with E-state index in [0.717, 1.165) is 11.3 Å². The second-order valence-electron chi connectivity index (χ2n) is 6.20. The molecule has 0 aliphatic heterocycles. The molecule has 3 rings (SSSR count). The van der Waals surface area contributed by atoms with E-state index in [4.69, 9.17) is 4.74 Å². The summed E-state index contributed by atoms with van der Waals surface area (Å²) in [5.41, 5.74) is 1.08. The van der Waals surface area contributed by atoms with Gasteiger partial charge in [-0.2, -0.15) is 10.5 Å². The fraction of sp³-hybridized carbons (Fsp3) is 0.130. The first-order chi connectivity index (χ1) is 15.0. The van der Waals surface area contributed by atoms with Gasteiger partial charge in [0, 0.05) is 0 Å². The van der Waals surface area contributed by atoms with E-state index in [1.54, 1.807) is 54.6 Å². The molecule has 0 unspecified atom stereocenters. The summed E-state index contributed by atoms with van der Waals surface area (Å²) in [6.45, 7) is 2.38. The van der Waals surface area contributed by atoms with Crippen LogP contribution in [0, 0.1) is 22.7 Å². The first kappa shape index (κ1) is 21.6. The van der Waals surface area contributed by atoms with E-state index in [0.29, 0.717) is 33.7 Å². The van der Waals surface area contributed by atoms with Gasteiger partial charge in [-0.05, 0) is 55.0 Å². The van der Waals surface area contributed by atoms with Crippen molar-refractivity contribution in [1.82, 2.24) is 4.57 Å². The largest absolute Gasteiger partial charge is 0.494 e. The summed E-state index contributed by atoms with van der Waals surface area (Å²) >= 11 is 1.05. The number of rotatable bonds is 5. The van der Waals surface area contributed by atoms with Gasteiger partial charge in [-0.3, -0.25) is 9.36 Å². The van der Waals surface area contributed by atoms with Gasteiger partial charge in [0.2, 0.25) is 0 Å². The summed E-state index contributed by atoms with van der Waals surface area (Å²) in [5, 5.41) is 18.7. The van der Waals surface area contributed by atoms with E-state index in [-0.39, 0.29) is 15.8 Å². The van der Waals surface area contributed by atoms with Gasteiger partial charge in [0.05, 0.1) is 29.5 Å². The predicted molar refractivity (Wildman–Crippen MR) is 116 cm³/mol. The lowest BCUT2D eigenvalue weighted by atomic mass is 10.1. The molecule has 0 radical (unpaired) electrons. The third-order valence-electron chi connectivity index (χ3n) is 4.30. The normalized spacial score (nSPS) is 10.8. The molecule has 0 bridgehead atoms. The van der Waals surface area contributed by atoms with Crippen LogP contribution in [0.2, 0.25) is 0 Å². The Kier molecular flexibility index (Phi) is 6.66. The maximum absolute atomic E-state index is 13.2. The second-order valence-corrected chi connectivity index (χ2v) is 7.23. The smallest absolute Gasteiger partial charge is 0.337 e. The Morgan fingerprint density at radius 1 is 1.10 bits per heavy atom. The first-order valence-electron chi connectivity index (χ1n) is 9.22. The Balaban J connectivity index is 2.20. The van der Waals surface area contributed by atoms with Gasteiger partial charge >= 0.3 is 5.97 Å². The Morgan fingerprint density at radius 3 is 2.29 bits per heavy atom. The molecule has 1 heterocycles. The van der Waals surface area contributed by atoms with Crippen LogP contribution in [0.1, 0.15) is 22.8 Å². The number of aromatic nitrogens is 1. The standard InChI is InChI=1S/C23H17N3O4S/c1-3-30-19-10-8-18(9-11-19)26-21(27)20(31-22(26)17(13-24)14-25)12-15-4-6-16(7-5-15)23(28)29-2/h4-12H,3H2,1-2H3/b20-12-. The van der Waals surface area contributed by atoms with E-state index in [1.165, 1.54) is 11.7 Å². The number of ether oxygens (including phenoxy) is 2. The molecular formula is C23H17N3O4S. The molecule has 0 atom stereocenters. The monoisotopic (exact) mass is 431 g/mol. The summed E-state index contributed by atoms with van der Waals surface area (Å²) in [4.78, 5) is 24.8. The highest BCUT2D eigenvalue weighted by atomic mass is 32.1. The van der Waals surface area contributed by atoms with Crippen molar-refractivity contribution in [2.24, 2.45) is 0 Å². The van der Waals surface area contributed by atoms with Gasteiger partial charge in [0.15, 0.2) is 5.57 Å². The molecule has 0 saturated carbocycles. The predicted octanol–water partition coefficient (Wildman–Crippen LogP) is 2.11. The van der Waals surface area contributed by atoms with Crippen molar-refractivity contribution < 1.29 is 14.3 Å². The lowest BCUT2D eigenvalue weighted by Gasteiger charge is -2.05. The molecule has 0 aliphatic rings. The second kappa shape index (κ2) is 9.57. The molecule has 0 spiro atoms. The van der Waals surface area contributed by atoms with Gasteiger partial charge in [0.1, 0.15) is 22.6 Å². The average molecular weight is 431 g/mol. The quantitative estimate of drug-likeness (QED) is 0.573. The van der Waals surface area contributed by atoms with Crippen molar-refractivity contribution in [2.75, 3.05) is 13.7 Å². The van der Waals surface area contributed by atoms with E-state index >= 15 is 0 Å². The van der Waals surface area contributed by atoms with Crippen LogP contribution < -0.4 is 19.5 Å². The lowest BCUT2D eigenvalue weighted by molar-refractivity contribution is 0.0600. The van der Waals surface area contributed by atoms with E-state index < -0.39 is 5.97 Å². The highest BCUT2D eigenvalue weighted by Crippen LogP contribution is 2.14. The fourth-order valence-corrected chi connectivity index (χ4v) is 3.90. The number of hydrogen-bond acceptors (Lipinski definition) is 7. The topological polar surface area (TPSA) is 105 Å². The number of nitriles is 2. The molecule has 8 heteroatoms. The summed E-state index contributed by atoms with van der Waals surface area (Å²) in [6, 6.07) is 17.1. The van der Waals surface area contributed by atoms with E-state index in [1.807, 2.05) is 19.1 Å². The van der Waals surface area contributed by atoms with Crippen LogP contribution in [0.5, 0.6) is 5.75 Å². The van der Waals surface area contributed by atoms with Crippen LogP contribution in [0.25, 0.3) is 17.3 Å². The molecule has 0 aliphatic carbocycles. The molecule has 31 heavy (non-hydrogen) atoms. The minimum atomic E-state index is -0.454. The first-order valence-corrected chi connectivity index (χ1v) is 10.0. The highest BCUT2D eigenvalue weighted by Gasteiger charge is 2.12. The number of carbonyl (C=O) groups is 1. The third kappa shape index (κ3) is 4.55. The zero-order chi connectivity index (χ0) is 22.4. The van der Waals surface area contributed by atoms with E-state index in [9.17, 15) is 20.1 Å². The number of methoxy groups -OCH3 is 1. The number of hydrogen-bond donors (Lipinski definition) is 0. The van der Waals surface area contributed by atoms with Crippen molar-refractivity contribution in [3.63, 3.8) is 0 Å². The van der Waals surface area contributed by atoms with Crippen molar-refractivity contribution >= 4 is 29.0 Å². The zero-order valence-electron chi connectivity index (χ0n) is 16.8. The molecule has 0 N–H and O–H groups in total. The Labute approximate surface area is 181 Å². The summed E-state index contributed by atoms with van der Waals surface area (Å²) in [7, 11) is 1.30. The van der Waals surface area contributed by atoms with Crippen LogP contribution in [0.3, 0.4) is 0 Å². The van der Waals surface area contributed by atoms with Crippen LogP contribution in [-0.4, -0.2) is 24.3 Å². The molecule has 0 amide bonds. The highest BCUT2D eigenvalue weighted by molar-refractivity contribution is 7.07. The molecule has 1 aromatic heterocycles. The fourth-order valence-electron chi connectivity index (χ4n) is 2.85. The van der Waals surface area contributed by atoms with Crippen LogP contribution in [0.15, 0.2) is 53.3 Å². The van der Waals surface area contributed by atoms with Crippen LogP contribution in [0.4, 0.5) is 0 Å². The summed E-state index contributed by atoms with van der Waals surface area (Å²) in [6.07, 6.45) is 1.65. The zero-order valence-corrected chi connectivity index (χ0v) is 17.6. The van der Waals surface area contributed by atoms with Gasteiger partial charge in [-0.15, -0.1) is 11.3 Å². The Hall–Kier alpha value is -4.14. The van der Waals surface area contributed by atoms with Crippen molar-refractivity contribution in [3.05, 3.63) is 79.2 Å².